The Bertz CT molecular complexity index is 584. The van der Waals surface area contributed by atoms with Crippen LogP contribution in [0.25, 0.3) is 0 Å². The lowest BCUT2D eigenvalue weighted by Crippen LogP contribution is -2.38. The molecule has 0 spiro atoms. The molecule has 28 heavy (non-hydrogen) atoms. The van der Waals surface area contributed by atoms with Crippen molar-refractivity contribution in [1.29, 1.82) is 0 Å². The second-order valence-corrected chi connectivity index (χ2v) is 7.48. The zero-order valence-corrected chi connectivity index (χ0v) is 20.8. The maximum atomic E-state index is 5.81. The fourth-order valence-corrected chi connectivity index (χ4v) is 3.33. The number of aliphatic imine (C=N–C) groups is 1. The molecule has 1 aromatic carbocycles. The number of hydrogen-bond acceptors (Lipinski definition) is 4. The molecule has 0 atom stereocenters. The van der Waals surface area contributed by atoms with Crippen molar-refractivity contribution in [2.24, 2.45) is 10.9 Å². The van der Waals surface area contributed by atoms with Crippen LogP contribution in [0.2, 0.25) is 0 Å². The molecule has 1 saturated heterocycles. The second kappa shape index (κ2) is 15.3. The van der Waals surface area contributed by atoms with Crippen molar-refractivity contribution >= 4 is 45.9 Å². The highest BCUT2D eigenvalue weighted by Gasteiger charge is 2.13. The van der Waals surface area contributed by atoms with E-state index in [-0.39, 0.29) is 24.0 Å². The molecule has 1 aromatic rings. The van der Waals surface area contributed by atoms with Crippen molar-refractivity contribution in [2.45, 2.75) is 32.7 Å². The van der Waals surface area contributed by atoms with Crippen LogP contribution in [-0.2, 0) is 16.0 Å². The third-order valence-corrected chi connectivity index (χ3v) is 4.94. The van der Waals surface area contributed by atoms with Crippen LogP contribution in [-0.4, -0.2) is 52.6 Å². The van der Waals surface area contributed by atoms with E-state index in [0.29, 0.717) is 12.5 Å². The number of hydrogen-bond donors (Lipinski definition) is 2. The number of halogens is 2. The molecule has 0 saturated carbocycles. The first-order valence-electron chi connectivity index (χ1n) is 9.73. The first-order valence-corrected chi connectivity index (χ1v) is 10.5. The minimum Gasteiger partial charge on any atom is -0.496 e. The summed E-state index contributed by atoms with van der Waals surface area (Å²) in [5, 5.41) is 6.65. The van der Waals surface area contributed by atoms with Crippen LogP contribution in [0.5, 0.6) is 5.75 Å². The Balaban J connectivity index is 0.00000392. The quantitative estimate of drug-likeness (QED) is 0.193. The van der Waals surface area contributed by atoms with Gasteiger partial charge in [0.2, 0.25) is 0 Å². The Morgan fingerprint density at radius 3 is 2.79 bits per heavy atom. The van der Waals surface area contributed by atoms with E-state index in [4.69, 9.17) is 14.2 Å². The van der Waals surface area contributed by atoms with E-state index in [0.717, 1.165) is 80.5 Å². The van der Waals surface area contributed by atoms with E-state index < -0.39 is 0 Å². The summed E-state index contributed by atoms with van der Waals surface area (Å²) >= 11 is 3.50. The van der Waals surface area contributed by atoms with E-state index in [9.17, 15) is 0 Å². The Labute approximate surface area is 194 Å². The third kappa shape index (κ3) is 9.76. The van der Waals surface area contributed by atoms with Gasteiger partial charge in [-0.05, 0) is 50.3 Å². The molecule has 0 bridgehead atoms. The molecule has 0 aromatic heterocycles. The molecule has 0 aliphatic carbocycles. The van der Waals surface area contributed by atoms with Crippen LogP contribution >= 0.6 is 39.9 Å². The summed E-state index contributed by atoms with van der Waals surface area (Å²) < 4.78 is 17.6. The zero-order chi connectivity index (χ0) is 19.3. The number of methoxy groups -OCH3 is 1. The first kappa shape index (κ1) is 25.5. The maximum absolute atomic E-state index is 5.81. The van der Waals surface area contributed by atoms with Gasteiger partial charge in [0.05, 0.1) is 13.7 Å². The zero-order valence-electron chi connectivity index (χ0n) is 16.8. The Hall–Kier alpha value is -0.580. The standard InChI is InChI=1S/C20H32BrN3O3.HI/c1-3-22-20(24-14-17-13-18(21)5-6-19(17)25-2)23-9-4-10-27-15-16-7-11-26-12-8-16;/h5-6,13,16H,3-4,7-12,14-15H2,1-2H3,(H2,22,23,24);1H. The highest BCUT2D eigenvalue weighted by Crippen LogP contribution is 2.23. The normalized spacial score (nSPS) is 15.0. The predicted octanol–water partition coefficient (Wildman–Crippen LogP) is 3.96. The van der Waals surface area contributed by atoms with Gasteiger partial charge in [0.15, 0.2) is 5.96 Å². The molecule has 1 fully saturated rings. The molecule has 2 rings (SSSR count). The summed E-state index contributed by atoms with van der Waals surface area (Å²) in [6.07, 6.45) is 3.19. The van der Waals surface area contributed by atoms with Crippen molar-refractivity contribution < 1.29 is 14.2 Å². The molecule has 8 heteroatoms. The summed E-state index contributed by atoms with van der Waals surface area (Å²) in [5.74, 6) is 2.31. The van der Waals surface area contributed by atoms with Gasteiger partial charge in [0, 0.05) is 49.6 Å². The predicted molar refractivity (Wildman–Crippen MR) is 128 cm³/mol. The summed E-state index contributed by atoms with van der Waals surface area (Å²) in [6, 6.07) is 5.96. The largest absolute Gasteiger partial charge is 0.496 e. The van der Waals surface area contributed by atoms with Gasteiger partial charge in [-0.2, -0.15) is 0 Å². The molecule has 1 aliphatic heterocycles. The minimum absolute atomic E-state index is 0. The molecular weight excluding hydrogens is 537 g/mol. The Kier molecular flexibility index (Phi) is 13.9. The van der Waals surface area contributed by atoms with Gasteiger partial charge in [-0.3, -0.25) is 0 Å². The van der Waals surface area contributed by atoms with Gasteiger partial charge in [-0.15, -0.1) is 24.0 Å². The molecule has 1 heterocycles. The monoisotopic (exact) mass is 569 g/mol. The van der Waals surface area contributed by atoms with Gasteiger partial charge in [0.25, 0.3) is 0 Å². The van der Waals surface area contributed by atoms with E-state index in [2.05, 4.69) is 38.5 Å². The highest BCUT2D eigenvalue weighted by atomic mass is 127. The van der Waals surface area contributed by atoms with E-state index in [1.54, 1.807) is 7.11 Å². The van der Waals surface area contributed by atoms with Crippen LogP contribution in [0.3, 0.4) is 0 Å². The van der Waals surface area contributed by atoms with Crippen LogP contribution in [0, 0.1) is 5.92 Å². The number of rotatable bonds is 10. The fourth-order valence-electron chi connectivity index (χ4n) is 2.92. The maximum Gasteiger partial charge on any atom is 0.191 e. The van der Waals surface area contributed by atoms with Crippen molar-refractivity contribution in [3.8, 4) is 5.75 Å². The van der Waals surface area contributed by atoms with Gasteiger partial charge in [-0.1, -0.05) is 15.9 Å². The van der Waals surface area contributed by atoms with Crippen molar-refractivity contribution in [3.63, 3.8) is 0 Å². The molecule has 6 nitrogen and oxygen atoms in total. The summed E-state index contributed by atoms with van der Waals surface area (Å²) in [7, 11) is 1.68. The summed E-state index contributed by atoms with van der Waals surface area (Å²) in [6.45, 7) is 7.63. The van der Waals surface area contributed by atoms with Crippen molar-refractivity contribution in [3.05, 3.63) is 28.2 Å². The lowest BCUT2D eigenvalue weighted by atomic mass is 10.0. The van der Waals surface area contributed by atoms with Crippen LogP contribution in [0.1, 0.15) is 31.7 Å². The number of nitrogens with one attached hydrogen (secondary N) is 2. The molecule has 0 amide bonds. The number of guanidine groups is 1. The van der Waals surface area contributed by atoms with E-state index in [1.165, 1.54) is 0 Å². The summed E-state index contributed by atoms with van der Waals surface area (Å²) in [5.41, 5.74) is 1.05. The topological polar surface area (TPSA) is 64.1 Å². The molecule has 0 unspecified atom stereocenters. The van der Waals surface area contributed by atoms with Crippen molar-refractivity contribution in [1.82, 2.24) is 10.6 Å². The van der Waals surface area contributed by atoms with Gasteiger partial charge in [-0.25, -0.2) is 4.99 Å². The molecule has 160 valence electrons. The molecule has 0 radical (unpaired) electrons. The lowest BCUT2D eigenvalue weighted by molar-refractivity contribution is 0.0203. The number of benzene rings is 1. The molecule has 2 N–H and O–H groups in total. The number of nitrogens with zero attached hydrogens (tertiary/aromatic N) is 1. The Morgan fingerprint density at radius 1 is 1.29 bits per heavy atom. The highest BCUT2D eigenvalue weighted by molar-refractivity contribution is 14.0. The van der Waals surface area contributed by atoms with E-state index >= 15 is 0 Å². The SMILES string of the molecule is CCNC(=NCc1cc(Br)ccc1OC)NCCCOCC1CCOCC1.I. The second-order valence-electron chi connectivity index (χ2n) is 6.56. The van der Waals surface area contributed by atoms with Crippen LogP contribution in [0.4, 0.5) is 0 Å². The van der Waals surface area contributed by atoms with Gasteiger partial charge >= 0.3 is 0 Å². The first-order chi connectivity index (χ1) is 13.2. The molecular formula is C20H33BrIN3O3. The third-order valence-electron chi connectivity index (χ3n) is 4.45. The number of ether oxygens (including phenoxy) is 3. The van der Waals surface area contributed by atoms with Crippen molar-refractivity contribution in [2.75, 3.05) is 46.6 Å². The van der Waals surface area contributed by atoms with E-state index in [1.807, 2.05) is 18.2 Å². The van der Waals surface area contributed by atoms with Crippen LogP contribution < -0.4 is 15.4 Å². The Morgan fingerprint density at radius 2 is 2.07 bits per heavy atom. The molecule has 1 aliphatic rings. The average molecular weight is 570 g/mol. The van der Waals surface area contributed by atoms with Gasteiger partial charge in [0.1, 0.15) is 5.75 Å². The average Bonchev–Trinajstić information content (AvgIpc) is 2.69. The fraction of sp³-hybridized carbons (Fsp3) is 0.650. The minimum atomic E-state index is 0. The van der Waals surface area contributed by atoms with Crippen LogP contribution in [0.15, 0.2) is 27.7 Å². The van der Waals surface area contributed by atoms with Gasteiger partial charge < -0.3 is 24.8 Å². The summed E-state index contributed by atoms with van der Waals surface area (Å²) in [4.78, 5) is 4.66. The lowest BCUT2D eigenvalue weighted by Gasteiger charge is -2.21. The smallest absolute Gasteiger partial charge is 0.191 e.